The van der Waals surface area contributed by atoms with Gasteiger partial charge in [-0.2, -0.15) is 0 Å². The average Bonchev–Trinajstić information content (AvgIpc) is 2.40. The average molecular weight is 309 g/mol. The summed E-state index contributed by atoms with van der Waals surface area (Å²) in [5, 5.41) is 3.67. The molecule has 1 N–H and O–H groups in total. The van der Waals surface area contributed by atoms with Crippen LogP contribution in [-0.2, 0) is 22.1 Å². The Morgan fingerprint density at radius 2 is 1.71 bits per heavy atom. The lowest BCUT2D eigenvalue weighted by Crippen LogP contribution is -2.40. The van der Waals surface area contributed by atoms with Crippen molar-refractivity contribution in [2.45, 2.75) is 51.4 Å². The highest BCUT2D eigenvalue weighted by Gasteiger charge is 2.26. The molecule has 3 atom stereocenters. The van der Waals surface area contributed by atoms with Crippen molar-refractivity contribution in [1.29, 1.82) is 0 Å². The Morgan fingerprint density at radius 3 is 2.33 bits per heavy atom. The molecule has 21 heavy (non-hydrogen) atoms. The van der Waals surface area contributed by atoms with E-state index in [1.165, 1.54) is 31.1 Å². The second-order valence-corrected chi connectivity index (χ2v) is 8.78. The van der Waals surface area contributed by atoms with Crippen LogP contribution in [-0.4, -0.2) is 20.7 Å². The predicted molar refractivity (Wildman–Crippen MR) is 87.8 cm³/mol. The molecule has 0 heterocycles. The maximum atomic E-state index is 11.3. The highest BCUT2D eigenvalue weighted by atomic mass is 32.2. The van der Waals surface area contributed by atoms with Crippen LogP contribution >= 0.6 is 0 Å². The van der Waals surface area contributed by atoms with Crippen molar-refractivity contribution in [2.24, 2.45) is 11.8 Å². The van der Waals surface area contributed by atoms with Gasteiger partial charge in [-0.3, -0.25) is 0 Å². The van der Waals surface area contributed by atoms with E-state index in [4.69, 9.17) is 0 Å². The SMILES string of the molecule is C[C@@H]1[C@H](C)CCC[C@@H]1NCc1ccc(CS(C)(=O)=O)cc1. The highest BCUT2D eigenvalue weighted by Crippen LogP contribution is 2.29. The summed E-state index contributed by atoms with van der Waals surface area (Å²) in [6, 6.07) is 8.51. The largest absolute Gasteiger partial charge is 0.310 e. The number of sulfone groups is 1. The van der Waals surface area contributed by atoms with Crippen LogP contribution in [0.25, 0.3) is 0 Å². The third-order valence-corrected chi connectivity index (χ3v) is 5.58. The molecule has 1 fully saturated rings. The Kier molecular flexibility index (Phi) is 5.44. The second-order valence-electron chi connectivity index (χ2n) is 6.64. The number of rotatable bonds is 5. The fourth-order valence-electron chi connectivity index (χ4n) is 3.18. The third kappa shape index (κ3) is 5.11. The van der Waals surface area contributed by atoms with Crippen LogP contribution in [0.15, 0.2) is 24.3 Å². The van der Waals surface area contributed by atoms with E-state index in [2.05, 4.69) is 19.2 Å². The number of hydrogen-bond acceptors (Lipinski definition) is 3. The van der Waals surface area contributed by atoms with Gasteiger partial charge >= 0.3 is 0 Å². The van der Waals surface area contributed by atoms with Gasteiger partial charge in [0.1, 0.15) is 0 Å². The summed E-state index contributed by atoms with van der Waals surface area (Å²) in [5.41, 5.74) is 2.08. The summed E-state index contributed by atoms with van der Waals surface area (Å²) in [4.78, 5) is 0. The number of nitrogens with one attached hydrogen (secondary N) is 1. The van der Waals surface area contributed by atoms with Crippen molar-refractivity contribution in [2.75, 3.05) is 6.26 Å². The number of hydrogen-bond donors (Lipinski definition) is 1. The van der Waals surface area contributed by atoms with Crippen molar-refractivity contribution in [3.63, 3.8) is 0 Å². The van der Waals surface area contributed by atoms with Gasteiger partial charge < -0.3 is 5.32 Å². The van der Waals surface area contributed by atoms with E-state index in [0.29, 0.717) is 6.04 Å². The van der Waals surface area contributed by atoms with Crippen LogP contribution in [0.3, 0.4) is 0 Å². The minimum Gasteiger partial charge on any atom is -0.310 e. The van der Waals surface area contributed by atoms with Crippen molar-refractivity contribution >= 4 is 9.84 Å². The van der Waals surface area contributed by atoms with E-state index in [0.717, 1.165) is 23.9 Å². The van der Waals surface area contributed by atoms with Crippen LogP contribution in [0.4, 0.5) is 0 Å². The van der Waals surface area contributed by atoms with Gasteiger partial charge in [0.2, 0.25) is 0 Å². The van der Waals surface area contributed by atoms with Gasteiger partial charge in [0.25, 0.3) is 0 Å². The standard InChI is InChI=1S/C17H27NO2S/c1-13-5-4-6-17(14(13)2)18-11-15-7-9-16(10-8-15)12-21(3,19)20/h7-10,13-14,17-18H,4-6,11-12H2,1-3H3/t13-,14-,17+/m1/s1. The first-order valence-corrected chi connectivity index (χ1v) is 9.90. The third-order valence-electron chi connectivity index (χ3n) is 4.73. The molecular weight excluding hydrogens is 282 g/mol. The summed E-state index contributed by atoms with van der Waals surface area (Å²) < 4.78 is 22.5. The Morgan fingerprint density at radius 1 is 1.10 bits per heavy atom. The summed E-state index contributed by atoms with van der Waals surface area (Å²) in [5.74, 6) is 1.65. The fraction of sp³-hybridized carbons (Fsp3) is 0.647. The minimum atomic E-state index is -2.95. The topological polar surface area (TPSA) is 46.2 Å². The van der Waals surface area contributed by atoms with Crippen molar-refractivity contribution in [3.05, 3.63) is 35.4 Å². The molecule has 0 aliphatic heterocycles. The molecule has 2 rings (SSSR count). The first-order chi connectivity index (χ1) is 9.85. The fourth-order valence-corrected chi connectivity index (χ4v) is 3.97. The van der Waals surface area contributed by atoms with Crippen LogP contribution in [0.5, 0.6) is 0 Å². The predicted octanol–water partition coefficient (Wildman–Crippen LogP) is 3.15. The van der Waals surface area contributed by atoms with Gasteiger partial charge in [0, 0.05) is 18.8 Å². The molecule has 0 amide bonds. The summed E-state index contributed by atoms with van der Waals surface area (Å²) in [6.07, 6.45) is 5.20. The zero-order valence-electron chi connectivity index (χ0n) is 13.3. The first kappa shape index (κ1) is 16.5. The van der Waals surface area contributed by atoms with Gasteiger partial charge in [-0.15, -0.1) is 0 Å². The molecule has 0 unspecified atom stereocenters. The molecule has 4 heteroatoms. The molecule has 0 radical (unpaired) electrons. The molecule has 118 valence electrons. The maximum absolute atomic E-state index is 11.3. The Hall–Kier alpha value is -0.870. The molecule has 0 spiro atoms. The van der Waals surface area contributed by atoms with Crippen LogP contribution in [0.1, 0.15) is 44.2 Å². The van der Waals surface area contributed by atoms with Gasteiger partial charge in [0.15, 0.2) is 9.84 Å². The van der Waals surface area contributed by atoms with Gasteiger partial charge in [-0.25, -0.2) is 8.42 Å². The number of benzene rings is 1. The van der Waals surface area contributed by atoms with Crippen molar-refractivity contribution < 1.29 is 8.42 Å². The highest BCUT2D eigenvalue weighted by molar-refractivity contribution is 7.89. The lowest BCUT2D eigenvalue weighted by molar-refractivity contribution is 0.206. The Balaban J connectivity index is 1.89. The maximum Gasteiger partial charge on any atom is 0.151 e. The quantitative estimate of drug-likeness (QED) is 0.909. The smallest absolute Gasteiger partial charge is 0.151 e. The van der Waals surface area contributed by atoms with E-state index in [-0.39, 0.29) is 5.75 Å². The molecule has 0 saturated heterocycles. The monoisotopic (exact) mass is 309 g/mol. The molecule has 1 aromatic carbocycles. The lowest BCUT2D eigenvalue weighted by atomic mass is 9.78. The van der Waals surface area contributed by atoms with Crippen molar-refractivity contribution in [3.8, 4) is 0 Å². The molecule has 0 aromatic heterocycles. The normalized spacial score (nSPS) is 26.7. The van der Waals surface area contributed by atoms with Gasteiger partial charge in [-0.1, -0.05) is 51.0 Å². The zero-order chi connectivity index (χ0) is 15.5. The molecule has 1 aromatic rings. The lowest BCUT2D eigenvalue weighted by Gasteiger charge is -2.34. The van der Waals surface area contributed by atoms with Crippen LogP contribution in [0, 0.1) is 11.8 Å². The van der Waals surface area contributed by atoms with E-state index in [1.807, 2.05) is 24.3 Å². The van der Waals surface area contributed by atoms with Crippen molar-refractivity contribution in [1.82, 2.24) is 5.32 Å². The zero-order valence-corrected chi connectivity index (χ0v) is 14.1. The Bertz CT molecular complexity index is 551. The molecule has 0 bridgehead atoms. The van der Waals surface area contributed by atoms with E-state index in [9.17, 15) is 8.42 Å². The van der Waals surface area contributed by atoms with Gasteiger partial charge in [-0.05, 0) is 29.4 Å². The van der Waals surface area contributed by atoms with E-state index in [1.54, 1.807) is 0 Å². The van der Waals surface area contributed by atoms with E-state index >= 15 is 0 Å². The first-order valence-electron chi connectivity index (χ1n) is 7.84. The van der Waals surface area contributed by atoms with Crippen LogP contribution in [0.2, 0.25) is 0 Å². The van der Waals surface area contributed by atoms with Crippen LogP contribution < -0.4 is 5.32 Å². The summed E-state index contributed by atoms with van der Waals surface area (Å²) >= 11 is 0. The Labute approximate surface area is 129 Å². The molecule has 1 aliphatic rings. The van der Waals surface area contributed by atoms with E-state index < -0.39 is 9.84 Å². The molecule has 1 saturated carbocycles. The molecule has 1 aliphatic carbocycles. The minimum absolute atomic E-state index is 0.123. The molecule has 3 nitrogen and oxygen atoms in total. The molecular formula is C17H27NO2S. The van der Waals surface area contributed by atoms with Gasteiger partial charge in [0.05, 0.1) is 5.75 Å². The summed E-state index contributed by atoms with van der Waals surface area (Å²) in [7, 11) is -2.95. The summed E-state index contributed by atoms with van der Waals surface area (Å²) in [6.45, 7) is 5.55. The second kappa shape index (κ2) is 6.93.